The number of anilines is 2. The van der Waals surface area contributed by atoms with Gasteiger partial charge in [-0.25, -0.2) is 13.8 Å². The maximum atomic E-state index is 13.8. The summed E-state index contributed by atoms with van der Waals surface area (Å²) in [7, 11) is 6.04. The van der Waals surface area contributed by atoms with Gasteiger partial charge < -0.3 is 24.0 Å². The molecular formula is C35H41ClF2N5O3+. The Hall–Kier alpha value is -4.02. The molecule has 5 rings (SSSR count). The third kappa shape index (κ3) is 8.03. The van der Waals surface area contributed by atoms with Gasteiger partial charge >= 0.3 is 0 Å². The first kappa shape index (κ1) is 33.3. The second kappa shape index (κ2) is 14.6. The number of quaternary nitrogens is 1. The van der Waals surface area contributed by atoms with E-state index in [4.69, 9.17) is 21.3 Å². The van der Waals surface area contributed by atoms with Crippen LogP contribution >= 0.6 is 11.6 Å². The minimum Gasteiger partial charge on any atom is -0.492 e. The molecule has 1 aliphatic rings. The Morgan fingerprint density at radius 2 is 1.70 bits per heavy atom. The molecule has 0 saturated carbocycles. The van der Waals surface area contributed by atoms with E-state index in [1.807, 2.05) is 14.1 Å². The molecule has 1 fully saturated rings. The summed E-state index contributed by atoms with van der Waals surface area (Å²) in [6.07, 6.45) is 9.66. The first-order valence-electron chi connectivity index (χ1n) is 15.8. The number of nitrogens with one attached hydrogen (secondary N) is 1. The summed E-state index contributed by atoms with van der Waals surface area (Å²) in [4.78, 5) is 33.3. The quantitative estimate of drug-likeness (QED) is 0.122. The number of amides is 1. The maximum absolute atomic E-state index is 13.8. The van der Waals surface area contributed by atoms with E-state index in [1.54, 1.807) is 39.8 Å². The van der Waals surface area contributed by atoms with E-state index in [1.165, 1.54) is 56.0 Å². The van der Waals surface area contributed by atoms with Crippen molar-refractivity contribution in [1.29, 1.82) is 0 Å². The SMILES string of the molecule is CN(C)c1ccc2c(=O)c(C(=O)Nc3cc(F)cc(F)c3)cn(-c3ccc(Cl)c(OCCCCCCC[N+]4(C)CCCC4)c3)c2n1. The molecule has 8 nitrogen and oxygen atoms in total. The first-order chi connectivity index (χ1) is 22.0. The predicted molar refractivity (Wildman–Crippen MR) is 180 cm³/mol. The average molecular weight is 653 g/mol. The predicted octanol–water partition coefficient (Wildman–Crippen LogP) is 7.21. The van der Waals surface area contributed by atoms with Gasteiger partial charge in [0, 0.05) is 51.0 Å². The number of unbranched alkanes of at least 4 members (excludes halogenated alkanes) is 4. The third-order valence-corrected chi connectivity index (χ3v) is 8.91. The van der Waals surface area contributed by atoms with Crippen molar-refractivity contribution < 1.29 is 22.8 Å². The van der Waals surface area contributed by atoms with Gasteiger partial charge in [0.15, 0.2) is 5.65 Å². The van der Waals surface area contributed by atoms with Crippen LogP contribution in [0.5, 0.6) is 5.75 Å². The Morgan fingerprint density at radius 1 is 1.00 bits per heavy atom. The monoisotopic (exact) mass is 652 g/mol. The summed E-state index contributed by atoms with van der Waals surface area (Å²) < 4.78 is 36.5. The number of hydrogen-bond donors (Lipinski definition) is 1. The Morgan fingerprint density at radius 3 is 2.41 bits per heavy atom. The highest BCUT2D eigenvalue weighted by molar-refractivity contribution is 6.32. The minimum absolute atomic E-state index is 0.112. The molecule has 0 aliphatic carbocycles. The van der Waals surface area contributed by atoms with Crippen molar-refractivity contribution in [3.63, 3.8) is 0 Å². The van der Waals surface area contributed by atoms with E-state index in [0.29, 0.717) is 40.6 Å². The lowest BCUT2D eigenvalue weighted by Gasteiger charge is -2.29. The number of aromatic nitrogens is 2. The molecule has 1 amide bonds. The molecule has 1 saturated heterocycles. The number of ether oxygens (including phenoxy) is 1. The topological polar surface area (TPSA) is 76.5 Å². The van der Waals surface area contributed by atoms with Crippen LogP contribution in [0.4, 0.5) is 20.3 Å². The lowest BCUT2D eigenvalue weighted by atomic mass is 10.1. The number of hydrogen-bond acceptors (Lipinski definition) is 5. The summed E-state index contributed by atoms with van der Waals surface area (Å²) in [5.41, 5.74) is -0.0194. The Balaban J connectivity index is 1.35. The lowest BCUT2D eigenvalue weighted by Crippen LogP contribution is -2.41. The first-order valence-corrected chi connectivity index (χ1v) is 16.2. The molecule has 0 spiro atoms. The van der Waals surface area contributed by atoms with Gasteiger partial charge in [-0.1, -0.05) is 24.4 Å². The number of halogens is 3. The molecule has 46 heavy (non-hydrogen) atoms. The summed E-state index contributed by atoms with van der Waals surface area (Å²) in [6, 6.07) is 11.1. The fraction of sp³-hybridized carbons (Fsp3) is 0.400. The number of carbonyl (C=O) groups excluding carboxylic acids is 1. The van der Waals surface area contributed by atoms with Gasteiger partial charge in [0.1, 0.15) is 28.8 Å². The third-order valence-electron chi connectivity index (χ3n) is 8.60. The number of pyridine rings is 2. The smallest absolute Gasteiger partial charge is 0.261 e. The van der Waals surface area contributed by atoms with Crippen molar-refractivity contribution in [2.45, 2.75) is 44.9 Å². The molecule has 1 N–H and O–H groups in total. The minimum atomic E-state index is -0.853. The summed E-state index contributed by atoms with van der Waals surface area (Å²) in [6.45, 7) is 4.37. The van der Waals surface area contributed by atoms with Gasteiger partial charge in [-0.2, -0.15) is 0 Å². The van der Waals surface area contributed by atoms with Crippen LogP contribution in [0.3, 0.4) is 0 Å². The van der Waals surface area contributed by atoms with Crippen molar-refractivity contribution in [3.8, 4) is 11.4 Å². The number of fused-ring (bicyclic) bond motifs is 1. The maximum Gasteiger partial charge on any atom is 0.261 e. The molecule has 2 aromatic heterocycles. The molecule has 4 aromatic rings. The highest BCUT2D eigenvalue weighted by atomic mass is 35.5. The highest BCUT2D eigenvalue weighted by Gasteiger charge is 2.25. The van der Waals surface area contributed by atoms with Gasteiger partial charge in [0.05, 0.1) is 49.4 Å². The van der Waals surface area contributed by atoms with Crippen molar-refractivity contribution >= 4 is 40.0 Å². The molecule has 0 radical (unpaired) electrons. The van der Waals surface area contributed by atoms with Crippen LogP contribution in [0.1, 0.15) is 55.3 Å². The zero-order valence-electron chi connectivity index (χ0n) is 26.6. The molecule has 11 heteroatoms. The largest absolute Gasteiger partial charge is 0.492 e. The van der Waals surface area contributed by atoms with E-state index in [0.717, 1.165) is 31.4 Å². The van der Waals surface area contributed by atoms with Gasteiger partial charge in [-0.05, 0) is 55.7 Å². The normalized spacial score (nSPS) is 14.0. The van der Waals surface area contributed by atoms with E-state index < -0.39 is 23.0 Å². The summed E-state index contributed by atoms with van der Waals surface area (Å²) in [5, 5.41) is 3.07. The molecule has 3 heterocycles. The molecular weight excluding hydrogens is 612 g/mol. The Labute approximate surface area is 273 Å². The van der Waals surface area contributed by atoms with Gasteiger partial charge in [0.25, 0.3) is 5.91 Å². The zero-order chi connectivity index (χ0) is 32.8. The van der Waals surface area contributed by atoms with Crippen LogP contribution in [-0.4, -0.2) is 67.3 Å². The number of likely N-dealkylation sites (tertiary alicyclic amines) is 1. The van der Waals surface area contributed by atoms with Gasteiger partial charge in [-0.15, -0.1) is 0 Å². The van der Waals surface area contributed by atoms with Crippen LogP contribution in [0, 0.1) is 11.6 Å². The number of rotatable bonds is 13. The van der Waals surface area contributed by atoms with E-state index >= 15 is 0 Å². The van der Waals surface area contributed by atoms with Crippen LogP contribution in [0.25, 0.3) is 16.7 Å². The molecule has 244 valence electrons. The molecule has 2 aromatic carbocycles. The van der Waals surface area contributed by atoms with Crippen LogP contribution < -0.4 is 20.4 Å². The highest BCUT2D eigenvalue weighted by Crippen LogP contribution is 2.29. The molecule has 0 unspecified atom stereocenters. The van der Waals surface area contributed by atoms with Gasteiger partial charge in [-0.3, -0.25) is 9.59 Å². The fourth-order valence-electron chi connectivity index (χ4n) is 6.01. The summed E-state index contributed by atoms with van der Waals surface area (Å²) in [5.74, 6) is -1.44. The average Bonchev–Trinajstić information content (AvgIpc) is 3.45. The van der Waals surface area contributed by atoms with Crippen molar-refractivity contribution in [3.05, 3.63) is 87.2 Å². The summed E-state index contributed by atoms with van der Waals surface area (Å²) >= 11 is 6.51. The van der Waals surface area contributed by atoms with E-state index in [2.05, 4.69) is 12.4 Å². The number of nitrogens with zero attached hydrogens (tertiary/aromatic N) is 4. The van der Waals surface area contributed by atoms with Crippen molar-refractivity contribution in [2.75, 3.05) is 57.6 Å². The van der Waals surface area contributed by atoms with Gasteiger partial charge in [0.2, 0.25) is 5.43 Å². The van der Waals surface area contributed by atoms with Crippen LogP contribution in [0.2, 0.25) is 5.02 Å². The Kier molecular flexibility index (Phi) is 10.6. The zero-order valence-corrected chi connectivity index (χ0v) is 27.4. The van der Waals surface area contributed by atoms with E-state index in [9.17, 15) is 18.4 Å². The van der Waals surface area contributed by atoms with Crippen molar-refractivity contribution in [1.82, 2.24) is 9.55 Å². The molecule has 0 bridgehead atoms. The van der Waals surface area contributed by atoms with Crippen molar-refractivity contribution in [2.24, 2.45) is 0 Å². The second-order valence-electron chi connectivity index (χ2n) is 12.5. The molecule has 1 aliphatic heterocycles. The van der Waals surface area contributed by atoms with E-state index in [-0.39, 0.29) is 16.6 Å². The fourth-order valence-corrected chi connectivity index (χ4v) is 6.18. The van der Waals surface area contributed by atoms with Crippen LogP contribution in [0.15, 0.2) is 59.5 Å². The second-order valence-corrected chi connectivity index (χ2v) is 12.9. The number of carbonyl (C=O) groups is 1. The lowest BCUT2D eigenvalue weighted by molar-refractivity contribution is -0.897. The molecule has 0 atom stereocenters. The number of benzene rings is 2. The standard InChI is InChI=1S/C35H40ClF2N5O3/c1-41(2)32-14-12-28-33(44)29(35(45)39-26-20-24(37)19-25(38)21-26)23-42(34(28)40-32)27-11-13-30(36)31(22-27)46-18-10-6-4-5-7-15-43(3)16-8-9-17-43/h11-14,19-23H,4-10,15-18H2,1-3H3/p+1. The van der Waals surface area contributed by atoms with Crippen LogP contribution in [-0.2, 0) is 0 Å². The Bertz CT molecular complexity index is 1750.